The smallest absolute Gasteiger partial charge is 0.120 e. The van der Waals surface area contributed by atoms with Gasteiger partial charge in [0.25, 0.3) is 0 Å². The van der Waals surface area contributed by atoms with Gasteiger partial charge in [0, 0.05) is 31.8 Å². The minimum absolute atomic E-state index is 0.236. The molecule has 0 aliphatic carbocycles. The molecule has 2 aromatic carbocycles. The van der Waals surface area contributed by atoms with E-state index in [2.05, 4.69) is 37.2 Å². The maximum atomic E-state index is 9.71. The topological polar surface area (TPSA) is 32.3 Å². The Morgan fingerprint density at radius 2 is 1.89 bits per heavy atom. The van der Waals surface area contributed by atoms with Gasteiger partial charge in [0.1, 0.15) is 5.75 Å². The van der Waals surface area contributed by atoms with Crippen LogP contribution in [0.1, 0.15) is 5.56 Å². The summed E-state index contributed by atoms with van der Waals surface area (Å²) in [6.45, 7) is 0.507. The highest BCUT2D eigenvalue weighted by atomic mass is 79.9. The van der Waals surface area contributed by atoms with E-state index in [1.54, 1.807) is 18.2 Å². The number of phenolic OH excluding ortho intramolecular Hbond substituents is 1. The number of anilines is 1. The molecule has 2 aromatic rings. The van der Waals surface area contributed by atoms with Crippen LogP contribution >= 0.6 is 43.5 Å². The quantitative estimate of drug-likeness (QED) is 0.755. The summed E-state index contributed by atoms with van der Waals surface area (Å²) in [5.74, 6) is 0.236. The van der Waals surface area contributed by atoms with E-state index in [1.807, 2.05) is 18.2 Å². The Hall–Kier alpha value is -0.710. The van der Waals surface area contributed by atoms with Crippen LogP contribution in [0.3, 0.4) is 0 Å². The molecular formula is C13H10Br2ClNO. The lowest BCUT2D eigenvalue weighted by atomic mass is 10.2. The maximum absolute atomic E-state index is 9.71. The number of nitrogens with one attached hydrogen (secondary N) is 1. The third-order valence-corrected chi connectivity index (χ3v) is 3.83. The normalized spacial score (nSPS) is 10.4. The number of hydrogen-bond donors (Lipinski definition) is 2. The molecule has 0 fully saturated rings. The minimum atomic E-state index is 0.236. The lowest BCUT2D eigenvalue weighted by molar-refractivity contribution is 0.469. The van der Waals surface area contributed by atoms with Crippen molar-refractivity contribution >= 4 is 49.1 Å². The van der Waals surface area contributed by atoms with Crippen LogP contribution < -0.4 is 5.32 Å². The molecule has 2 rings (SSSR count). The van der Waals surface area contributed by atoms with E-state index in [1.165, 1.54) is 0 Å². The molecule has 0 amide bonds. The first kappa shape index (κ1) is 13.7. The van der Waals surface area contributed by atoms with E-state index >= 15 is 0 Å². The molecule has 2 nitrogen and oxygen atoms in total. The summed E-state index contributed by atoms with van der Waals surface area (Å²) >= 11 is 12.8. The van der Waals surface area contributed by atoms with Crippen molar-refractivity contribution in [3.8, 4) is 5.75 Å². The molecule has 0 aliphatic heterocycles. The van der Waals surface area contributed by atoms with E-state index in [-0.39, 0.29) is 5.75 Å². The van der Waals surface area contributed by atoms with Gasteiger partial charge in [0.2, 0.25) is 0 Å². The second kappa shape index (κ2) is 5.95. The predicted octanol–water partition coefficient (Wildman–Crippen LogP) is 5.18. The van der Waals surface area contributed by atoms with Crippen molar-refractivity contribution in [1.29, 1.82) is 0 Å². The largest absolute Gasteiger partial charge is 0.508 e. The average molecular weight is 391 g/mol. The van der Waals surface area contributed by atoms with Gasteiger partial charge in [-0.3, -0.25) is 0 Å². The molecule has 0 unspecified atom stereocenters. The Bertz CT molecular complexity index is 575. The summed E-state index contributed by atoms with van der Waals surface area (Å²) < 4.78 is 1.96. The molecule has 0 atom stereocenters. The van der Waals surface area contributed by atoms with E-state index in [0.29, 0.717) is 11.6 Å². The zero-order valence-electron chi connectivity index (χ0n) is 9.25. The zero-order chi connectivity index (χ0) is 13.1. The summed E-state index contributed by atoms with van der Waals surface area (Å²) in [4.78, 5) is 0. The average Bonchev–Trinajstić information content (AvgIpc) is 2.32. The summed E-state index contributed by atoms with van der Waals surface area (Å²) in [6, 6.07) is 10.9. The molecule has 0 heterocycles. The van der Waals surface area contributed by atoms with E-state index in [9.17, 15) is 5.11 Å². The van der Waals surface area contributed by atoms with Crippen LogP contribution in [0.4, 0.5) is 5.69 Å². The number of aromatic hydroxyl groups is 1. The first-order valence-corrected chi connectivity index (χ1v) is 7.19. The number of phenols is 1. The molecule has 0 aliphatic rings. The van der Waals surface area contributed by atoms with Gasteiger partial charge in [-0.25, -0.2) is 0 Å². The highest BCUT2D eigenvalue weighted by Gasteiger charge is 2.04. The predicted molar refractivity (Wildman–Crippen MR) is 82.3 cm³/mol. The third-order valence-electron chi connectivity index (χ3n) is 2.44. The maximum Gasteiger partial charge on any atom is 0.120 e. The van der Waals surface area contributed by atoms with Crippen LogP contribution in [0, 0.1) is 0 Å². The zero-order valence-corrected chi connectivity index (χ0v) is 13.2. The van der Waals surface area contributed by atoms with Gasteiger partial charge in [0.05, 0.1) is 0 Å². The summed E-state index contributed by atoms with van der Waals surface area (Å²) in [5.41, 5.74) is 1.72. The van der Waals surface area contributed by atoms with E-state index in [0.717, 1.165) is 20.2 Å². The summed E-state index contributed by atoms with van der Waals surface area (Å²) in [7, 11) is 0. The standard InChI is InChI=1S/C13H10Br2ClNO/c14-9-1-3-12(11(15)6-9)17-7-8-5-10(16)2-4-13(8)18/h1-6,17-18H,7H2. The molecule has 0 saturated heterocycles. The van der Waals surface area contributed by atoms with Crippen LogP contribution in [0.15, 0.2) is 45.3 Å². The fourth-order valence-corrected chi connectivity index (χ4v) is 2.90. The van der Waals surface area contributed by atoms with Crippen LogP contribution in [0.5, 0.6) is 5.75 Å². The number of rotatable bonds is 3. The van der Waals surface area contributed by atoms with Gasteiger partial charge < -0.3 is 10.4 Å². The second-order valence-electron chi connectivity index (χ2n) is 3.75. The lowest BCUT2D eigenvalue weighted by Gasteiger charge is -2.10. The Labute approximate surface area is 127 Å². The fourth-order valence-electron chi connectivity index (χ4n) is 1.52. The molecule has 0 aromatic heterocycles. The van der Waals surface area contributed by atoms with Crippen molar-refractivity contribution in [3.63, 3.8) is 0 Å². The SMILES string of the molecule is Oc1ccc(Cl)cc1CNc1ccc(Br)cc1Br. The van der Waals surface area contributed by atoms with Crippen molar-refractivity contribution < 1.29 is 5.11 Å². The van der Waals surface area contributed by atoms with Crippen molar-refractivity contribution in [3.05, 3.63) is 55.9 Å². The Morgan fingerprint density at radius 1 is 1.11 bits per heavy atom. The lowest BCUT2D eigenvalue weighted by Crippen LogP contribution is -2.00. The molecule has 0 radical (unpaired) electrons. The molecule has 0 saturated carbocycles. The van der Waals surface area contributed by atoms with E-state index < -0.39 is 0 Å². The second-order valence-corrected chi connectivity index (χ2v) is 5.96. The van der Waals surface area contributed by atoms with Gasteiger partial charge in [0.15, 0.2) is 0 Å². The molecule has 18 heavy (non-hydrogen) atoms. The van der Waals surface area contributed by atoms with Crippen molar-refractivity contribution in [2.24, 2.45) is 0 Å². The highest BCUT2D eigenvalue weighted by molar-refractivity contribution is 9.11. The van der Waals surface area contributed by atoms with Crippen LogP contribution in [0.25, 0.3) is 0 Å². The van der Waals surface area contributed by atoms with Gasteiger partial charge in [-0.1, -0.05) is 27.5 Å². The first-order valence-electron chi connectivity index (χ1n) is 5.22. The molecule has 2 N–H and O–H groups in total. The molecular weight excluding hydrogens is 381 g/mol. The molecule has 0 spiro atoms. The van der Waals surface area contributed by atoms with Gasteiger partial charge in [-0.05, 0) is 52.3 Å². The number of halogens is 3. The third kappa shape index (κ3) is 3.40. The molecule has 94 valence electrons. The van der Waals surface area contributed by atoms with Crippen LogP contribution in [-0.4, -0.2) is 5.11 Å². The Kier molecular flexibility index (Phi) is 4.54. The van der Waals surface area contributed by atoms with E-state index in [4.69, 9.17) is 11.6 Å². The van der Waals surface area contributed by atoms with Gasteiger partial charge in [-0.15, -0.1) is 0 Å². The minimum Gasteiger partial charge on any atom is -0.508 e. The van der Waals surface area contributed by atoms with Crippen molar-refractivity contribution in [2.75, 3.05) is 5.32 Å². The highest BCUT2D eigenvalue weighted by Crippen LogP contribution is 2.28. The fraction of sp³-hybridized carbons (Fsp3) is 0.0769. The van der Waals surface area contributed by atoms with Gasteiger partial charge in [-0.2, -0.15) is 0 Å². The Balaban J connectivity index is 2.13. The summed E-state index contributed by atoms with van der Waals surface area (Å²) in [6.07, 6.45) is 0. The van der Waals surface area contributed by atoms with Crippen molar-refractivity contribution in [1.82, 2.24) is 0 Å². The Morgan fingerprint density at radius 3 is 2.61 bits per heavy atom. The number of benzene rings is 2. The first-order chi connectivity index (χ1) is 8.56. The van der Waals surface area contributed by atoms with Crippen LogP contribution in [0.2, 0.25) is 5.02 Å². The summed E-state index contributed by atoms with van der Waals surface area (Å²) in [5, 5.41) is 13.6. The van der Waals surface area contributed by atoms with Crippen LogP contribution in [-0.2, 0) is 6.54 Å². The number of hydrogen-bond acceptors (Lipinski definition) is 2. The molecule has 0 bridgehead atoms. The monoisotopic (exact) mass is 389 g/mol. The van der Waals surface area contributed by atoms with Gasteiger partial charge >= 0.3 is 0 Å². The molecule has 5 heteroatoms. The van der Waals surface area contributed by atoms with Crippen molar-refractivity contribution in [2.45, 2.75) is 6.54 Å².